The first-order valence-electron chi connectivity index (χ1n) is 10.1. The van der Waals surface area contributed by atoms with Gasteiger partial charge in [0, 0.05) is 16.6 Å². The lowest BCUT2D eigenvalue weighted by Crippen LogP contribution is -2.19. The smallest absolute Gasteiger partial charge is 0.242 e. The maximum Gasteiger partial charge on any atom is 0.242 e. The van der Waals surface area contributed by atoms with Gasteiger partial charge in [-0.15, -0.1) is 10.2 Å². The van der Waals surface area contributed by atoms with Crippen molar-refractivity contribution in [3.8, 4) is 0 Å². The fourth-order valence-electron chi connectivity index (χ4n) is 3.50. The summed E-state index contributed by atoms with van der Waals surface area (Å²) in [5, 5.41) is 17.1. The van der Waals surface area contributed by atoms with Crippen LogP contribution in [-0.2, 0) is 14.8 Å². The molecular weight excluding hydrogens is 472 g/mol. The lowest BCUT2D eigenvalue weighted by molar-refractivity contribution is -0.115. The SMILES string of the molecule is NS(=O)(=O)c1ccc(NC(=O)[C@@H](Sc2nnc3c(n2)[nH]c2ccccc23)c2ccccc2)cc1. The monoisotopic (exact) mass is 490 g/mol. The molecule has 1 amide bonds. The van der Waals surface area contributed by atoms with Crippen LogP contribution in [0, 0.1) is 0 Å². The van der Waals surface area contributed by atoms with Gasteiger partial charge in [0.1, 0.15) is 10.8 Å². The van der Waals surface area contributed by atoms with Gasteiger partial charge in [0.2, 0.25) is 21.1 Å². The highest BCUT2D eigenvalue weighted by molar-refractivity contribution is 8.00. The molecule has 9 nitrogen and oxygen atoms in total. The van der Waals surface area contributed by atoms with Gasteiger partial charge in [0.05, 0.1) is 4.90 Å². The summed E-state index contributed by atoms with van der Waals surface area (Å²) >= 11 is 1.17. The number of carbonyl (C=O) groups is 1. The number of anilines is 1. The molecule has 5 rings (SSSR count). The van der Waals surface area contributed by atoms with E-state index < -0.39 is 15.3 Å². The van der Waals surface area contributed by atoms with Crippen LogP contribution in [0.15, 0.2) is 88.9 Å². The van der Waals surface area contributed by atoms with Crippen LogP contribution in [0.4, 0.5) is 5.69 Å². The number of aromatic nitrogens is 4. The average Bonchev–Trinajstić information content (AvgIpc) is 3.20. The number of nitrogens with one attached hydrogen (secondary N) is 2. The Hall–Kier alpha value is -3.80. The summed E-state index contributed by atoms with van der Waals surface area (Å²) in [5.41, 5.74) is 3.34. The van der Waals surface area contributed by atoms with E-state index in [1.807, 2.05) is 54.6 Å². The van der Waals surface area contributed by atoms with Gasteiger partial charge in [-0.1, -0.05) is 60.3 Å². The number of benzene rings is 3. The zero-order valence-corrected chi connectivity index (χ0v) is 19.2. The molecule has 3 aromatic carbocycles. The van der Waals surface area contributed by atoms with Crippen LogP contribution >= 0.6 is 11.8 Å². The van der Waals surface area contributed by atoms with E-state index in [1.165, 1.54) is 36.0 Å². The Morgan fingerprint density at radius 2 is 1.65 bits per heavy atom. The van der Waals surface area contributed by atoms with Crippen LogP contribution < -0.4 is 10.5 Å². The second-order valence-corrected chi connectivity index (χ2v) is 10.1. The Morgan fingerprint density at radius 1 is 0.941 bits per heavy atom. The number of rotatable bonds is 6. The van der Waals surface area contributed by atoms with Crippen molar-refractivity contribution in [2.45, 2.75) is 15.3 Å². The Bertz CT molecular complexity index is 1600. The zero-order valence-electron chi connectivity index (χ0n) is 17.5. The van der Waals surface area contributed by atoms with E-state index in [1.54, 1.807) is 0 Å². The van der Waals surface area contributed by atoms with Crippen molar-refractivity contribution in [2.24, 2.45) is 5.14 Å². The first-order valence-corrected chi connectivity index (χ1v) is 12.6. The molecule has 0 bridgehead atoms. The van der Waals surface area contributed by atoms with Gasteiger partial charge in [0.25, 0.3) is 0 Å². The number of H-pyrrole nitrogens is 1. The maximum atomic E-state index is 13.2. The molecule has 0 saturated carbocycles. The van der Waals surface area contributed by atoms with Gasteiger partial charge >= 0.3 is 0 Å². The Balaban J connectivity index is 1.44. The normalized spacial score (nSPS) is 12.6. The minimum Gasteiger partial charge on any atom is -0.338 e. The molecule has 0 aliphatic rings. The van der Waals surface area contributed by atoms with E-state index in [-0.39, 0.29) is 10.8 Å². The Kier molecular flexibility index (Phi) is 5.74. The molecule has 5 aromatic rings. The predicted octanol–water partition coefficient (Wildman–Crippen LogP) is 3.63. The van der Waals surface area contributed by atoms with Crippen LogP contribution in [0.3, 0.4) is 0 Å². The summed E-state index contributed by atoms with van der Waals surface area (Å²) in [6.07, 6.45) is 0. The first kappa shape index (κ1) is 22.0. The number of hydrogen-bond acceptors (Lipinski definition) is 7. The molecule has 34 heavy (non-hydrogen) atoms. The van der Waals surface area contributed by atoms with Crippen molar-refractivity contribution in [3.05, 3.63) is 84.4 Å². The highest BCUT2D eigenvalue weighted by atomic mass is 32.2. The molecular formula is C23H18N6O3S2. The number of amides is 1. The Labute approximate surface area is 198 Å². The van der Waals surface area contributed by atoms with Gasteiger partial charge in [-0.3, -0.25) is 4.79 Å². The summed E-state index contributed by atoms with van der Waals surface area (Å²) in [6.45, 7) is 0. The largest absolute Gasteiger partial charge is 0.338 e. The molecule has 170 valence electrons. The highest BCUT2D eigenvalue weighted by Gasteiger charge is 2.24. The molecule has 0 aliphatic heterocycles. The Morgan fingerprint density at radius 3 is 2.38 bits per heavy atom. The quantitative estimate of drug-likeness (QED) is 0.308. The van der Waals surface area contributed by atoms with Gasteiger partial charge in [-0.25, -0.2) is 18.5 Å². The first-order chi connectivity index (χ1) is 16.4. The minimum atomic E-state index is -3.82. The average molecular weight is 491 g/mol. The minimum absolute atomic E-state index is 0.0365. The van der Waals surface area contributed by atoms with Gasteiger partial charge in [-0.2, -0.15) is 0 Å². The van der Waals surface area contributed by atoms with E-state index in [9.17, 15) is 13.2 Å². The second kappa shape index (κ2) is 8.86. The van der Waals surface area contributed by atoms with Crippen LogP contribution in [0.1, 0.15) is 10.8 Å². The zero-order chi connectivity index (χ0) is 23.7. The lowest BCUT2D eigenvalue weighted by atomic mass is 10.1. The molecule has 11 heteroatoms. The van der Waals surface area contributed by atoms with Crippen LogP contribution in [0.2, 0.25) is 0 Å². The second-order valence-electron chi connectivity index (χ2n) is 7.43. The number of thioether (sulfide) groups is 1. The summed E-state index contributed by atoms with van der Waals surface area (Å²) in [6, 6.07) is 22.6. The third-order valence-corrected chi connectivity index (χ3v) is 7.15. The standard InChI is InChI=1S/C23H18N6O3S2/c24-34(31,32)16-12-10-15(11-13-16)25-22(30)20(14-6-2-1-3-7-14)33-23-27-21-19(28-29-23)17-8-4-5-9-18(17)26-21/h1-13,20H,(H,25,30)(H2,24,31,32)(H,26,27,29)/t20-/m0/s1. The number of primary sulfonamides is 1. The molecule has 0 spiro atoms. The fraction of sp³-hybridized carbons (Fsp3) is 0.0435. The van der Waals surface area contributed by atoms with E-state index in [2.05, 4.69) is 25.5 Å². The van der Waals surface area contributed by atoms with E-state index >= 15 is 0 Å². The summed E-state index contributed by atoms with van der Waals surface area (Å²) in [7, 11) is -3.82. The number of sulfonamides is 1. The third kappa shape index (κ3) is 4.49. The van der Waals surface area contributed by atoms with E-state index in [0.29, 0.717) is 22.0 Å². The predicted molar refractivity (Wildman–Crippen MR) is 131 cm³/mol. The number of para-hydroxylation sites is 1. The lowest BCUT2D eigenvalue weighted by Gasteiger charge is -2.16. The molecule has 0 aliphatic carbocycles. The summed E-state index contributed by atoms with van der Waals surface area (Å²) < 4.78 is 23.0. The van der Waals surface area contributed by atoms with E-state index in [0.717, 1.165) is 16.5 Å². The van der Waals surface area contributed by atoms with Crippen LogP contribution in [0.5, 0.6) is 0 Å². The third-order valence-electron chi connectivity index (χ3n) is 5.12. The number of carbonyl (C=O) groups excluding carboxylic acids is 1. The van der Waals surface area contributed by atoms with Crippen molar-refractivity contribution in [1.82, 2.24) is 20.2 Å². The number of aromatic amines is 1. The number of nitrogens with two attached hydrogens (primary N) is 1. The molecule has 4 N–H and O–H groups in total. The van der Waals surface area contributed by atoms with Crippen molar-refractivity contribution in [3.63, 3.8) is 0 Å². The number of hydrogen-bond donors (Lipinski definition) is 3. The van der Waals surface area contributed by atoms with Crippen molar-refractivity contribution in [2.75, 3.05) is 5.32 Å². The molecule has 0 fully saturated rings. The molecule has 0 unspecified atom stereocenters. The van der Waals surface area contributed by atoms with Crippen LogP contribution in [0.25, 0.3) is 22.1 Å². The summed E-state index contributed by atoms with van der Waals surface area (Å²) in [5.74, 6) is -0.320. The van der Waals surface area contributed by atoms with E-state index in [4.69, 9.17) is 5.14 Å². The topological polar surface area (TPSA) is 144 Å². The molecule has 2 aromatic heterocycles. The highest BCUT2D eigenvalue weighted by Crippen LogP contribution is 2.35. The van der Waals surface area contributed by atoms with Crippen LogP contribution in [-0.4, -0.2) is 34.5 Å². The van der Waals surface area contributed by atoms with Crippen molar-refractivity contribution < 1.29 is 13.2 Å². The van der Waals surface area contributed by atoms with Crippen molar-refractivity contribution >= 4 is 55.4 Å². The van der Waals surface area contributed by atoms with Gasteiger partial charge in [0.15, 0.2) is 5.65 Å². The van der Waals surface area contributed by atoms with Gasteiger partial charge in [-0.05, 0) is 35.9 Å². The van der Waals surface area contributed by atoms with Gasteiger partial charge < -0.3 is 10.3 Å². The fourth-order valence-corrected chi connectivity index (χ4v) is 4.92. The maximum absolute atomic E-state index is 13.2. The molecule has 0 radical (unpaired) electrons. The van der Waals surface area contributed by atoms with Crippen molar-refractivity contribution in [1.29, 1.82) is 0 Å². The summed E-state index contributed by atoms with van der Waals surface area (Å²) in [4.78, 5) is 21.0. The molecule has 1 atom stereocenters. The molecule has 0 saturated heterocycles. The number of fused-ring (bicyclic) bond motifs is 3. The number of nitrogens with zero attached hydrogens (tertiary/aromatic N) is 3. The molecule has 2 heterocycles.